The maximum atomic E-state index is 12.9. The molecule has 0 unspecified atom stereocenters. The number of hydrogen-bond donors (Lipinski definition) is 0. The van der Waals surface area contributed by atoms with Gasteiger partial charge in [0.05, 0.1) is 12.7 Å². The summed E-state index contributed by atoms with van der Waals surface area (Å²) in [4.78, 5) is 33.3. The van der Waals surface area contributed by atoms with Gasteiger partial charge in [0, 0.05) is 42.2 Å². The zero-order valence-corrected chi connectivity index (χ0v) is 17.0. The zero-order valence-electron chi connectivity index (χ0n) is 15.5. The summed E-state index contributed by atoms with van der Waals surface area (Å²) >= 11 is 3.43. The van der Waals surface area contributed by atoms with Gasteiger partial charge in [-0.1, -0.05) is 28.1 Å². The third-order valence-corrected chi connectivity index (χ3v) is 5.78. The van der Waals surface area contributed by atoms with E-state index in [4.69, 9.17) is 4.74 Å². The molecule has 2 saturated heterocycles. The van der Waals surface area contributed by atoms with E-state index in [1.54, 1.807) is 22.2 Å². The monoisotopic (exact) mass is 443 g/mol. The SMILES string of the molecule is O=C([C@@H]1CCN(c2cccc(Br)c2)C1=O)N1CC[C@H](OCc2cccnc2)C1. The normalized spacial score (nSPS) is 22.1. The van der Waals surface area contributed by atoms with Crippen molar-refractivity contribution < 1.29 is 14.3 Å². The molecule has 0 saturated carbocycles. The minimum absolute atomic E-state index is 0.00171. The quantitative estimate of drug-likeness (QED) is 0.666. The fourth-order valence-corrected chi connectivity index (χ4v) is 4.18. The number of halogens is 1. The lowest BCUT2D eigenvalue weighted by atomic mass is 10.1. The largest absolute Gasteiger partial charge is 0.372 e. The highest BCUT2D eigenvalue weighted by molar-refractivity contribution is 9.10. The number of amides is 2. The van der Waals surface area contributed by atoms with Crippen molar-refractivity contribution in [2.45, 2.75) is 25.6 Å². The van der Waals surface area contributed by atoms with E-state index in [2.05, 4.69) is 20.9 Å². The van der Waals surface area contributed by atoms with Crippen LogP contribution in [0.25, 0.3) is 0 Å². The van der Waals surface area contributed by atoms with Gasteiger partial charge in [0.2, 0.25) is 11.8 Å². The van der Waals surface area contributed by atoms with Crippen LogP contribution in [-0.4, -0.2) is 47.4 Å². The Bertz CT molecular complexity index is 861. The predicted octanol–water partition coefficient (Wildman–Crippen LogP) is 3.01. The van der Waals surface area contributed by atoms with Crippen LogP contribution < -0.4 is 4.90 Å². The van der Waals surface area contributed by atoms with Gasteiger partial charge in [-0.25, -0.2) is 0 Å². The van der Waals surface area contributed by atoms with E-state index < -0.39 is 5.92 Å². The molecule has 0 bridgehead atoms. The molecule has 2 aromatic rings. The lowest BCUT2D eigenvalue weighted by Crippen LogP contribution is -2.39. The van der Waals surface area contributed by atoms with E-state index in [1.807, 2.05) is 36.4 Å². The number of carbonyl (C=O) groups is 2. The van der Waals surface area contributed by atoms with E-state index in [0.29, 0.717) is 32.7 Å². The molecule has 3 heterocycles. The summed E-state index contributed by atoms with van der Waals surface area (Å²) in [7, 11) is 0. The second kappa shape index (κ2) is 8.41. The number of benzene rings is 1. The van der Waals surface area contributed by atoms with Crippen molar-refractivity contribution in [2.24, 2.45) is 5.92 Å². The minimum Gasteiger partial charge on any atom is -0.372 e. The number of rotatable bonds is 5. The smallest absolute Gasteiger partial charge is 0.239 e. The van der Waals surface area contributed by atoms with Crippen molar-refractivity contribution in [2.75, 3.05) is 24.5 Å². The van der Waals surface area contributed by atoms with Crippen LogP contribution in [0.15, 0.2) is 53.3 Å². The number of hydrogen-bond acceptors (Lipinski definition) is 4. The molecule has 4 rings (SSSR count). The molecule has 0 aliphatic carbocycles. The van der Waals surface area contributed by atoms with Crippen LogP contribution in [0.3, 0.4) is 0 Å². The molecule has 7 heteroatoms. The van der Waals surface area contributed by atoms with Crippen LogP contribution in [0.1, 0.15) is 18.4 Å². The Morgan fingerprint density at radius 3 is 2.89 bits per heavy atom. The molecule has 6 nitrogen and oxygen atoms in total. The third kappa shape index (κ3) is 4.10. The van der Waals surface area contributed by atoms with Gasteiger partial charge in [-0.05, 0) is 42.7 Å². The molecule has 2 fully saturated rings. The van der Waals surface area contributed by atoms with Crippen molar-refractivity contribution in [1.82, 2.24) is 9.88 Å². The Morgan fingerprint density at radius 2 is 2.11 bits per heavy atom. The van der Waals surface area contributed by atoms with Crippen molar-refractivity contribution in [3.05, 3.63) is 58.8 Å². The standard InChI is InChI=1S/C21H22BrN3O3/c22-16-4-1-5-17(11-16)25-10-7-19(21(25)27)20(26)24-9-6-18(13-24)28-14-15-3-2-8-23-12-15/h1-5,8,11-12,18-19H,6-7,9-10,13-14H2/t18-,19-/m0/s1. The van der Waals surface area contributed by atoms with Gasteiger partial charge in [-0.2, -0.15) is 0 Å². The summed E-state index contributed by atoms with van der Waals surface area (Å²) in [6.07, 6.45) is 4.87. The zero-order chi connectivity index (χ0) is 19.5. The summed E-state index contributed by atoms with van der Waals surface area (Å²) in [5.41, 5.74) is 1.84. The van der Waals surface area contributed by atoms with Gasteiger partial charge in [0.25, 0.3) is 0 Å². The summed E-state index contributed by atoms with van der Waals surface area (Å²) in [5.74, 6) is -0.770. The first-order valence-electron chi connectivity index (χ1n) is 9.48. The van der Waals surface area contributed by atoms with Crippen molar-refractivity contribution >= 4 is 33.4 Å². The molecule has 0 spiro atoms. The van der Waals surface area contributed by atoms with Crippen molar-refractivity contribution in [3.8, 4) is 0 Å². The van der Waals surface area contributed by atoms with E-state index in [0.717, 1.165) is 22.1 Å². The molecule has 2 aliphatic heterocycles. The maximum Gasteiger partial charge on any atom is 0.239 e. The Hall–Kier alpha value is -2.25. The number of anilines is 1. The Morgan fingerprint density at radius 1 is 1.21 bits per heavy atom. The van der Waals surface area contributed by atoms with E-state index in [1.165, 1.54) is 0 Å². The highest BCUT2D eigenvalue weighted by Crippen LogP contribution is 2.29. The lowest BCUT2D eigenvalue weighted by molar-refractivity contribution is -0.139. The number of likely N-dealkylation sites (tertiary alicyclic amines) is 1. The molecule has 0 N–H and O–H groups in total. The highest BCUT2D eigenvalue weighted by Gasteiger charge is 2.41. The number of nitrogens with zero attached hydrogens (tertiary/aromatic N) is 3. The van der Waals surface area contributed by atoms with Crippen LogP contribution in [0.4, 0.5) is 5.69 Å². The molecule has 2 aliphatic rings. The summed E-state index contributed by atoms with van der Waals surface area (Å²) in [6.45, 7) is 2.23. The summed E-state index contributed by atoms with van der Waals surface area (Å²) < 4.78 is 6.85. The molecular weight excluding hydrogens is 422 g/mol. The number of ether oxygens (including phenoxy) is 1. The van der Waals surface area contributed by atoms with E-state index in [9.17, 15) is 9.59 Å². The van der Waals surface area contributed by atoms with E-state index in [-0.39, 0.29) is 17.9 Å². The van der Waals surface area contributed by atoms with Crippen LogP contribution in [-0.2, 0) is 20.9 Å². The molecular formula is C21H22BrN3O3. The molecule has 28 heavy (non-hydrogen) atoms. The van der Waals surface area contributed by atoms with Gasteiger partial charge >= 0.3 is 0 Å². The molecule has 2 atom stereocenters. The number of pyridine rings is 1. The first-order chi connectivity index (χ1) is 13.6. The second-order valence-corrected chi connectivity index (χ2v) is 8.09. The Kier molecular flexibility index (Phi) is 5.73. The minimum atomic E-state index is -0.587. The molecule has 0 radical (unpaired) electrons. The fraction of sp³-hybridized carbons (Fsp3) is 0.381. The highest BCUT2D eigenvalue weighted by atomic mass is 79.9. The topological polar surface area (TPSA) is 62.7 Å². The van der Waals surface area contributed by atoms with Crippen molar-refractivity contribution in [1.29, 1.82) is 0 Å². The second-order valence-electron chi connectivity index (χ2n) is 7.18. The van der Waals surface area contributed by atoms with Gasteiger partial charge in [0.15, 0.2) is 0 Å². The van der Waals surface area contributed by atoms with Crippen molar-refractivity contribution in [3.63, 3.8) is 0 Å². The van der Waals surface area contributed by atoms with Gasteiger partial charge in [-0.15, -0.1) is 0 Å². The first-order valence-corrected chi connectivity index (χ1v) is 10.3. The molecule has 146 valence electrons. The first kappa shape index (κ1) is 19.1. The fourth-order valence-electron chi connectivity index (χ4n) is 3.79. The number of aromatic nitrogens is 1. The average Bonchev–Trinajstić information content (AvgIpc) is 3.33. The van der Waals surface area contributed by atoms with Crippen LogP contribution in [0.2, 0.25) is 0 Å². The predicted molar refractivity (Wildman–Crippen MR) is 109 cm³/mol. The molecule has 1 aromatic heterocycles. The lowest BCUT2D eigenvalue weighted by Gasteiger charge is -2.21. The third-order valence-electron chi connectivity index (χ3n) is 5.29. The molecule has 1 aromatic carbocycles. The van der Waals surface area contributed by atoms with Gasteiger partial charge in [0.1, 0.15) is 5.92 Å². The summed E-state index contributed by atoms with van der Waals surface area (Å²) in [6, 6.07) is 11.5. The maximum absolute atomic E-state index is 12.9. The Labute approximate surface area is 172 Å². The van der Waals surface area contributed by atoms with Crippen LogP contribution >= 0.6 is 15.9 Å². The number of carbonyl (C=O) groups excluding carboxylic acids is 2. The van der Waals surface area contributed by atoms with Gasteiger partial charge in [-0.3, -0.25) is 14.6 Å². The molecule has 2 amide bonds. The summed E-state index contributed by atoms with van der Waals surface area (Å²) in [5, 5.41) is 0. The average molecular weight is 444 g/mol. The Balaban J connectivity index is 1.33. The van der Waals surface area contributed by atoms with Crippen LogP contribution in [0.5, 0.6) is 0 Å². The van der Waals surface area contributed by atoms with Crippen LogP contribution in [0, 0.1) is 5.92 Å². The van der Waals surface area contributed by atoms with E-state index >= 15 is 0 Å². The van der Waals surface area contributed by atoms with Gasteiger partial charge < -0.3 is 14.5 Å².